The Balaban J connectivity index is 1.88. The van der Waals surface area contributed by atoms with Gasteiger partial charge in [0.05, 0.1) is 18.3 Å². The van der Waals surface area contributed by atoms with Crippen LogP contribution in [-0.4, -0.2) is 42.2 Å². The van der Waals surface area contributed by atoms with E-state index in [1.807, 2.05) is 6.07 Å². The van der Waals surface area contributed by atoms with Crippen molar-refractivity contribution in [3.8, 4) is 5.75 Å². The zero-order valence-electron chi connectivity index (χ0n) is 11.6. The second-order valence-corrected chi connectivity index (χ2v) is 5.36. The van der Waals surface area contributed by atoms with Gasteiger partial charge in [0.2, 0.25) is 12.0 Å². The number of para-hydroxylation sites is 2. The number of nitrogens with one attached hydrogen (secondary N) is 1. The molecule has 1 fully saturated rings. The summed E-state index contributed by atoms with van der Waals surface area (Å²) in [5.41, 5.74) is 0.646. The highest BCUT2D eigenvalue weighted by Crippen LogP contribution is 2.34. The summed E-state index contributed by atoms with van der Waals surface area (Å²) in [6, 6.07) is 6.83. The number of anilines is 1. The van der Waals surface area contributed by atoms with Gasteiger partial charge >= 0.3 is 5.97 Å². The van der Waals surface area contributed by atoms with Crippen LogP contribution in [0.15, 0.2) is 24.3 Å². The molecular formula is C15H18N2O4. The Hall–Kier alpha value is -2.08. The van der Waals surface area contributed by atoms with Crippen LogP contribution in [0.1, 0.15) is 19.3 Å². The van der Waals surface area contributed by atoms with E-state index in [1.54, 1.807) is 23.1 Å². The van der Waals surface area contributed by atoms with Crippen molar-refractivity contribution in [2.75, 3.05) is 18.0 Å². The van der Waals surface area contributed by atoms with Crippen LogP contribution >= 0.6 is 0 Å². The second-order valence-electron chi connectivity index (χ2n) is 5.36. The highest BCUT2D eigenvalue weighted by molar-refractivity contribution is 5.99. The number of rotatable bonds is 2. The molecule has 2 N–H and O–H groups in total. The molecule has 112 valence electrons. The molecule has 1 amide bonds. The monoisotopic (exact) mass is 290 g/mol. The predicted molar refractivity (Wildman–Crippen MR) is 76.5 cm³/mol. The van der Waals surface area contributed by atoms with Gasteiger partial charge < -0.3 is 20.1 Å². The Morgan fingerprint density at radius 2 is 2.10 bits per heavy atom. The SMILES string of the molecule is O=C(O)C1CN(C(=O)[C@H]2CCCCN2)c2ccccc2O1. The molecule has 0 aromatic heterocycles. The smallest absolute Gasteiger partial charge is 0.346 e. The average molecular weight is 290 g/mol. The summed E-state index contributed by atoms with van der Waals surface area (Å²) in [7, 11) is 0. The lowest BCUT2D eigenvalue weighted by molar-refractivity contribution is -0.145. The van der Waals surface area contributed by atoms with Crippen molar-refractivity contribution in [3.05, 3.63) is 24.3 Å². The predicted octanol–water partition coefficient (Wildman–Crippen LogP) is 1.01. The van der Waals surface area contributed by atoms with E-state index in [0.717, 1.165) is 25.8 Å². The van der Waals surface area contributed by atoms with Gasteiger partial charge in [-0.25, -0.2) is 4.79 Å². The molecule has 2 aliphatic rings. The van der Waals surface area contributed by atoms with E-state index in [-0.39, 0.29) is 18.5 Å². The number of fused-ring (bicyclic) bond motifs is 1. The van der Waals surface area contributed by atoms with Crippen LogP contribution < -0.4 is 15.0 Å². The van der Waals surface area contributed by atoms with Crippen molar-refractivity contribution < 1.29 is 19.4 Å². The summed E-state index contributed by atoms with van der Waals surface area (Å²) >= 11 is 0. The number of piperidine rings is 1. The van der Waals surface area contributed by atoms with Gasteiger partial charge in [-0.2, -0.15) is 0 Å². The summed E-state index contributed by atoms with van der Waals surface area (Å²) in [6.07, 6.45) is 1.85. The first-order valence-corrected chi connectivity index (χ1v) is 7.20. The summed E-state index contributed by atoms with van der Waals surface area (Å²) in [5.74, 6) is -0.684. The lowest BCUT2D eigenvalue weighted by atomic mass is 10.0. The standard InChI is InChI=1S/C15H18N2O4/c18-14(10-5-3-4-8-16-10)17-9-13(15(19)20)21-12-7-2-1-6-11(12)17/h1-2,6-7,10,13,16H,3-5,8-9H2,(H,19,20)/t10-,13?/m1/s1. The minimum Gasteiger partial charge on any atom is -0.478 e. The van der Waals surface area contributed by atoms with Crippen LogP contribution in [0.2, 0.25) is 0 Å². The number of aliphatic carboxylic acids is 1. The maximum atomic E-state index is 12.7. The molecule has 1 saturated heterocycles. The van der Waals surface area contributed by atoms with Crippen molar-refractivity contribution in [2.24, 2.45) is 0 Å². The number of hydrogen-bond donors (Lipinski definition) is 2. The number of hydrogen-bond acceptors (Lipinski definition) is 4. The third kappa shape index (κ3) is 2.71. The van der Waals surface area contributed by atoms with Crippen LogP contribution in [0.5, 0.6) is 5.75 Å². The number of amides is 1. The number of nitrogens with zero attached hydrogens (tertiary/aromatic N) is 1. The lowest BCUT2D eigenvalue weighted by Crippen LogP contribution is -2.54. The number of carbonyl (C=O) groups excluding carboxylic acids is 1. The van der Waals surface area contributed by atoms with Gasteiger partial charge in [0.1, 0.15) is 5.75 Å². The normalized spacial score (nSPS) is 24.9. The Bertz CT molecular complexity index is 554. The van der Waals surface area contributed by atoms with Crippen molar-refractivity contribution in [2.45, 2.75) is 31.4 Å². The van der Waals surface area contributed by atoms with Crippen molar-refractivity contribution in [1.29, 1.82) is 0 Å². The molecule has 1 aromatic rings. The van der Waals surface area contributed by atoms with Crippen molar-refractivity contribution in [1.82, 2.24) is 5.32 Å². The maximum Gasteiger partial charge on any atom is 0.346 e. The molecule has 6 nitrogen and oxygen atoms in total. The van der Waals surface area contributed by atoms with Gasteiger partial charge in [-0.1, -0.05) is 18.6 Å². The maximum absolute atomic E-state index is 12.7. The molecule has 2 heterocycles. The summed E-state index contributed by atoms with van der Waals surface area (Å²) in [5, 5.41) is 12.4. The molecule has 1 unspecified atom stereocenters. The van der Waals surface area contributed by atoms with Crippen LogP contribution in [0, 0.1) is 0 Å². The fourth-order valence-electron chi connectivity index (χ4n) is 2.82. The molecule has 6 heteroatoms. The minimum absolute atomic E-state index is 0.0450. The minimum atomic E-state index is -1.06. The highest BCUT2D eigenvalue weighted by Gasteiger charge is 2.36. The van der Waals surface area contributed by atoms with Gasteiger partial charge in [-0.15, -0.1) is 0 Å². The highest BCUT2D eigenvalue weighted by atomic mass is 16.5. The first-order chi connectivity index (χ1) is 10.2. The number of carboxylic acid groups (broad SMARTS) is 1. The topological polar surface area (TPSA) is 78.9 Å². The van der Waals surface area contributed by atoms with E-state index in [2.05, 4.69) is 5.32 Å². The molecule has 0 saturated carbocycles. The number of carbonyl (C=O) groups is 2. The Kier molecular flexibility index (Phi) is 3.79. The zero-order valence-corrected chi connectivity index (χ0v) is 11.6. The molecule has 2 aliphatic heterocycles. The molecule has 0 spiro atoms. The second kappa shape index (κ2) is 5.73. The number of carboxylic acids is 1. The van der Waals surface area contributed by atoms with E-state index >= 15 is 0 Å². The number of benzene rings is 1. The quantitative estimate of drug-likeness (QED) is 0.850. The van der Waals surface area contributed by atoms with Crippen LogP contribution in [0.3, 0.4) is 0 Å². The Labute approximate surface area is 122 Å². The molecule has 21 heavy (non-hydrogen) atoms. The Morgan fingerprint density at radius 3 is 2.81 bits per heavy atom. The molecule has 1 aromatic carbocycles. The van der Waals surface area contributed by atoms with Crippen LogP contribution in [0.25, 0.3) is 0 Å². The first-order valence-electron chi connectivity index (χ1n) is 7.20. The molecule has 2 atom stereocenters. The molecule has 0 aliphatic carbocycles. The van der Waals surface area contributed by atoms with Gasteiger partial charge in [0.25, 0.3) is 0 Å². The average Bonchev–Trinajstić information content (AvgIpc) is 2.54. The van der Waals surface area contributed by atoms with Gasteiger partial charge in [-0.05, 0) is 31.5 Å². The van der Waals surface area contributed by atoms with Gasteiger partial charge in [0.15, 0.2) is 0 Å². The van der Waals surface area contributed by atoms with Crippen molar-refractivity contribution in [3.63, 3.8) is 0 Å². The van der Waals surface area contributed by atoms with Crippen LogP contribution in [-0.2, 0) is 9.59 Å². The largest absolute Gasteiger partial charge is 0.478 e. The van der Waals surface area contributed by atoms with Crippen LogP contribution in [0.4, 0.5) is 5.69 Å². The lowest BCUT2D eigenvalue weighted by Gasteiger charge is -2.36. The van der Waals surface area contributed by atoms with E-state index < -0.39 is 12.1 Å². The van der Waals surface area contributed by atoms with E-state index in [1.165, 1.54) is 0 Å². The fourth-order valence-corrected chi connectivity index (χ4v) is 2.82. The summed E-state index contributed by atoms with van der Waals surface area (Å²) in [6.45, 7) is 0.869. The summed E-state index contributed by atoms with van der Waals surface area (Å²) in [4.78, 5) is 25.5. The van der Waals surface area contributed by atoms with Gasteiger partial charge in [0, 0.05) is 0 Å². The molecule has 3 rings (SSSR count). The third-order valence-electron chi connectivity index (χ3n) is 3.92. The van der Waals surface area contributed by atoms with Gasteiger partial charge in [-0.3, -0.25) is 4.79 Å². The first kappa shape index (κ1) is 13.9. The fraction of sp³-hybridized carbons (Fsp3) is 0.467. The third-order valence-corrected chi connectivity index (χ3v) is 3.92. The summed E-state index contributed by atoms with van der Waals surface area (Å²) < 4.78 is 5.45. The molecular weight excluding hydrogens is 272 g/mol. The van der Waals surface area contributed by atoms with E-state index in [0.29, 0.717) is 11.4 Å². The van der Waals surface area contributed by atoms with E-state index in [4.69, 9.17) is 4.74 Å². The molecule has 0 bridgehead atoms. The molecule has 0 radical (unpaired) electrons. The number of ether oxygens (including phenoxy) is 1. The zero-order chi connectivity index (χ0) is 14.8. The Morgan fingerprint density at radius 1 is 1.29 bits per heavy atom. The van der Waals surface area contributed by atoms with E-state index in [9.17, 15) is 14.7 Å². The van der Waals surface area contributed by atoms with Crippen molar-refractivity contribution >= 4 is 17.6 Å².